The van der Waals surface area contributed by atoms with Crippen molar-refractivity contribution < 1.29 is 14.1 Å². The molecule has 0 bridgehead atoms. The van der Waals surface area contributed by atoms with Crippen LogP contribution in [0.3, 0.4) is 0 Å². The first-order chi connectivity index (χ1) is 13.2. The van der Waals surface area contributed by atoms with Crippen LogP contribution >= 0.6 is 0 Å². The van der Waals surface area contributed by atoms with Crippen LogP contribution in [0, 0.1) is 6.92 Å². The van der Waals surface area contributed by atoms with E-state index in [1.165, 1.54) is 0 Å². The molecule has 0 aliphatic heterocycles. The predicted octanol–water partition coefficient (Wildman–Crippen LogP) is 3.76. The van der Waals surface area contributed by atoms with E-state index in [-0.39, 0.29) is 12.5 Å². The molecule has 2 heterocycles. The Labute approximate surface area is 155 Å². The summed E-state index contributed by atoms with van der Waals surface area (Å²) in [6, 6.07) is 16.4. The number of aromatic nitrogens is 3. The van der Waals surface area contributed by atoms with Gasteiger partial charge in [0.15, 0.2) is 6.61 Å². The van der Waals surface area contributed by atoms with Crippen molar-refractivity contribution in [1.29, 1.82) is 0 Å². The zero-order valence-corrected chi connectivity index (χ0v) is 14.5. The fraction of sp³-hybridized carbons (Fsp3) is 0.100. The lowest BCUT2D eigenvalue weighted by Gasteiger charge is -2.12. The number of nitrogens with one attached hydrogen (secondary N) is 1. The number of rotatable bonds is 5. The number of hydrogen-bond acceptors (Lipinski definition) is 6. The summed E-state index contributed by atoms with van der Waals surface area (Å²) < 4.78 is 10.6. The molecule has 0 saturated carbocycles. The standard InChI is InChI=1S/C20H16N4O3/c1-13-22-19(24-27-13)12-26-18-10-3-2-6-15(18)20(25)23-17-9-4-8-16-14(17)7-5-11-21-16/h2-11H,12H2,1H3,(H,23,25). The molecule has 27 heavy (non-hydrogen) atoms. The third kappa shape index (κ3) is 3.62. The topological polar surface area (TPSA) is 90.1 Å². The highest BCUT2D eigenvalue weighted by atomic mass is 16.5. The molecule has 0 radical (unpaired) electrons. The minimum atomic E-state index is -0.272. The Bertz CT molecular complexity index is 1100. The average molecular weight is 360 g/mol. The van der Waals surface area contributed by atoms with Gasteiger partial charge in [0.25, 0.3) is 5.91 Å². The second-order valence-corrected chi connectivity index (χ2v) is 5.84. The SMILES string of the molecule is Cc1nc(COc2ccccc2C(=O)Nc2cccc3ncccc23)no1. The summed E-state index contributed by atoms with van der Waals surface area (Å²) in [6.07, 6.45) is 1.72. The first-order valence-corrected chi connectivity index (χ1v) is 8.37. The molecule has 1 N–H and O–H groups in total. The summed E-state index contributed by atoms with van der Waals surface area (Å²) in [5.74, 6) is 1.05. The third-order valence-electron chi connectivity index (χ3n) is 3.95. The Morgan fingerprint density at radius 2 is 2.00 bits per heavy atom. The van der Waals surface area contributed by atoms with Crippen LogP contribution in [0.15, 0.2) is 65.3 Å². The van der Waals surface area contributed by atoms with Crippen molar-refractivity contribution in [2.24, 2.45) is 0 Å². The number of benzene rings is 2. The number of carbonyl (C=O) groups excluding carboxylic acids is 1. The number of carbonyl (C=O) groups is 1. The number of para-hydroxylation sites is 1. The number of anilines is 1. The van der Waals surface area contributed by atoms with Crippen LogP contribution in [0.5, 0.6) is 5.75 Å². The minimum Gasteiger partial charge on any atom is -0.485 e. The van der Waals surface area contributed by atoms with Crippen LogP contribution in [-0.2, 0) is 6.61 Å². The Balaban J connectivity index is 1.56. The number of pyridine rings is 1. The molecule has 0 atom stereocenters. The molecule has 0 spiro atoms. The highest BCUT2D eigenvalue weighted by Gasteiger charge is 2.14. The van der Waals surface area contributed by atoms with E-state index in [0.29, 0.717) is 28.7 Å². The second kappa shape index (κ2) is 7.25. The molecule has 1 amide bonds. The Hall–Kier alpha value is -3.74. The van der Waals surface area contributed by atoms with Gasteiger partial charge in [-0.15, -0.1) is 0 Å². The van der Waals surface area contributed by atoms with Crippen molar-refractivity contribution in [3.8, 4) is 5.75 Å². The van der Waals surface area contributed by atoms with Crippen molar-refractivity contribution in [2.45, 2.75) is 13.5 Å². The van der Waals surface area contributed by atoms with Crippen LogP contribution < -0.4 is 10.1 Å². The minimum absolute atomic E-state index is 0.111. The van der Waals surface area contributed by atoms with E-state index < -0.39 is 0 Å². The number of hydrogen-bond donors (Lipinski definition) is 1. The molecule has 0 aliphatic carbocycles. The normalized spacial score (nSPS) is 10.7. The summed E-state index contributed by atoms with van der Waals surface area (Å²) in [5.41, 5.74) is 1.92. The van der Waals surface area contributed by atoms with Gasteiger partial charge in [-0.1, -0.05) is 23.4 Å². The van der Waals surface area contributed by atoms with Crippen molar-refractivity contribution in [2.75, 3.05) is 5.32 Å². The maximum Gasteiger partial charge on any atom is 0.259 e. The molecule has 0 saturated heterocycles. The van der Waals surface area contributed by atoms with E-state index >= 15 is 0 Å². The largest absolute Gasteiger partial charge is 0.485 e. The molecule has 0 fully saturated rings. The van der Waals surface area contributed by atoms with Crippen LogP contribution in [0.4, 0.5) is 5.69 Å². The lowest BCUT2D eigenvalue weighted by Crippen LogP contribution is -2.14. The molecule has 7 nitrogen and oxygen atoms in total. The van der Waals surface area contributed by atoms with Gasteiger partial charge in [0, 0.05) is 18.5 Å². The average Bonchev–Trinajstić information content (AvgIpc) is 3.12. The van der Waals surface area contributed by atoms with Crippen molar-refractivity contribution in [3.63, 3.8) is 0 Å². The van der Waals surface area contributed by atoms with Gasteiger partial charge in [-0.05, 0) is 36.4 Å². The van der Waals surface area contributed by atoms with Gasteiger partial charge in [-0.25, -0.2) is 0 Å². The van der Waals surface area contributed by atoms with Gasteiger partial charge >= 0.3 is 0 Å². The van der Waals surface area contributed by atoms with E-state index in [1.54, 1.807) is 37.4 Å². The summed E-state index contributed by atoms with van der Waals surface area (Å²) >= 11 is 0. The van der Waals surface area contributed by atoms with Crippen LogP contribution in [0.1, 0.15) is 22.1 Å². The maximum absolute atomic E-state index is 12.8. The lowest BCUT2D eigenvalue weighted by atomic mass is 10.1. The van der Waals surface area contributed by atoms with Crippen molar-refractivity contribution in [3.05, 3.63) is 78.1 Å². The van der Waals surface area contributed by atoms with Crippen molar-refractivity contribution >= 4 is 22.5 Å². The van der Waals surface area contributed by atoms with Gasteiger partial charge in [-0.3, -0.25) is 9.78 Å². The quantitative estimate of drug-likeness (QED) is 0.583. The highest BCUT2D eigenvalue weighted by molar-refractivity contribution is 6.10. The predicted molar refractivity (Wildman–Crippen MR) is 99.5 cm³/mol. The summed E-state index contributed by atoms with van der Waals surface area (Å²) in [4.78, 5) is 21.2. The monoisotopic (exact) mass is 360 g/mol. The zero-order chi connectivity index (χ0) is 18.6. The fourth-order valence-corrected chi connectivity index (χ4v) is 2.72. The number of aryl methyl sites for hydroxylation is 1. The zero-order valence-electron chi connectivity index (χ0n) is 14.5. The van der Waals surface area contributed by atoms with E-state index in [2.05, 4.69) is 20.4 Å². The van der Waals surface area contributed by atoms with Gasteiger partial charge in [-0.2, -0.15) is 4.98 Å². The molecule has 7 heteroatoms. The van der Waals surface area contributed by atoms with Gasteiger partial charge in [0.2, 0.25) is 11.7 Å². The fourth-order valence-electron chi connectivity index (χ4n) is 2.72. The number of ether oxygens (including phenoxy) is 1. The number of fused-ring (bicyclic) bond motifs is 1. The molecule has 2 aromatic heterocycles. The number of amides is 1. The Morgan fingerprint density at radius 1 is 1.11 bits per heavy atom. The molecule has 0 aliphatic rings. The summed E-state index contributed by atoms with van der Waals surface area (Å²) in [5, 5.41) is 7.59. The molecule has 2 aromatic carbocycles. The molecular weight excluding hydrogens is 344 g/mol. The van der Waals surface area contributed by atoms with Crippen LogP contribution in [0.25, 0.3) is 10.9 Å². The molecular formula is C20H16N4O3. The van der Waals surface area contributed by atoms with Gasteiger partial charge < -0.3 is 14.6 Å². The highest BCUT2D eigenvalue weighted by Crippen LogP contribution is 2.24. The van der Waals surface area contributed by atoms with E-state index in [1.807, 2.05) is 30.3 Å². The maximum atomic E-state index is 12.8. The van der Waals surface area contributed by atoms with Gasteiger partial charge in [0.05, 0.1) is 16.8 Å². The third-order valence-corrected chi connectivity index (χ3v) is 3.95. The van der Waals surface area contributed by atoms with Crippen LogP contribution in [0.2, 0.25) is 0 Å². The van der Waals surface area contributed by atoms with Crippen molar-refractivity contribution in [1.82, 2.24) is 15.1 Å². The first kappa shape index (κ1) is 16.7. The summed E-state index contributed by atoms with van der Waals surface area (Å²) in [6.45, 7) is 1.82. The van der Waals surface area contributed by atoms with Gasteiger partial charge in [0.1, 0.15) is 5.75 Å². The van der Waals surface area contributed by atoms with E-state index in [4.69, 9.17) is 9.26 Å². The van der Waals surface area contributed by atoms with Crippen LogP contribution in [-0.4, -0.2) is 21.0 Å². The van der Waals surface area contributed by atoms with E-state index in [0.717, 1.165) is 10.9 Å². The molecule has 134 valence electrons. The second-order valence-electron chi connectivity index (χ2n) is 5.84. The summed E-state index contributed by atoms with van der Waals surface area (Å²) in [7, 11) is 0. The Morgan fingerprint density at radius 3 is 2.85 bits per heavy atom. The molecule has 4 rings (SSSR count). The smallest absolute Gasteiger partial charge is 0.259 e. The first-order valence-electron chi connectivity index (χ1n) is 8.37. The lowest BCUT2D eigenvalue weighted by molar-refractivity contribution is 0.102. The molecule has 0 unspecified atom stereocenters. The van der Waals surface area contributed by atoms with E-state index in [9.17, 15) is 4.79 Å². The molecule has 4 aromatic rings. The Kier molecular flexibility index (Phi) is 4.49. The number of nitrogens with zero attached hydrogens (tertiary/aromatic N) is 3.